The van der Waals surface area contributed by atoms with Gasteiger partial charge < -0.3 is 5.32 Å². The predicted octanol–water partition coefficient (Wildman–Crippen LogP) is 3.65. The van der Waals surface area contributed by atoms with E-state index in [9.17, 15) is 4.79 Å². The molecule has 1 N–H and O–H groups in total. The number of anilines is 1. The smallest absolute Gasteiger partial charge is 0.265 e. The lowest BCUT2D eigenvalue weighted by Crippen LogP contribution is -2.09. The standard InChI is InChI=1S/C11H8ClNOS/c12-8-6-10(15-7-8)11(14)13-9-4-2-1-3-5-9/h1-7H,(H,13,14). The summed E-state index contributed by atoms with van der Waals surface area (Å²) < 4.78 is 0. The highest BCUT2D eigenvalue weighted by atomic mass is 35.5. The van der Waals surface area contributed by atoms with Gasteiger partial charge in [-0.15, -0.1) is 11.3 Å². The van der Waals surface area contributed by atoms with Crippen LogP contribution in [0.5, 0.6) is 0 Å². The molecule has 0 saturated carbocycles. The largest absolute Gasteiger partial charge is 0.321 e. The molecule has 4 heteroatoms. The maximum Gasteiger partial charge on any atom is 0.265 e. The van der Waals surface area contributed by atoms with Crippen molar-refractivity contribution < 1.29 is 4.79 Å². The number of amides is 1. The number of carbonyl (C=O) groups excluding carboxylic acids is 1. The second-order valence-electron chi connectivity index (χ2n) is 2.95. The lowest BCUT2D eigenvalue weighted by Gasteiger charge is -2.01. The van der Waals surface area contributed by atoms with Crippen LogP contribution in [0.1, 0.15) is 9.67 Å². The Balaban J connectivity index is 2.11. The lowest BCUT2D eigenvalue weighted by atomic mass is 10.3. The van der Waals surface area contributed by atoms with Gasteiger partial charge in [0.2, 0.25) is 0 Å². The first-order valence-electron chi connectivity index (χ1n) is 4.36. The number of benzene rings is 1. The molecule has 76 valence electrons. The summed E-state index contributed by atoms with van der Waals surface area (Å²) in [4.78, 5) is 12.3. The quantitative estimate of drug-likeness (QED) is 0.849. The van der Waals surface area contributed by atoms with E-state index in [4.69, 9.17) is 11.6 Å². The van der Waals surface area contributed by atoms with Crippen molar-refractivity contribution >= 4 is 34.5 Å². The third-order valence-corrected chi connectivity index (χ3v) is 3.10. The molecule has 0 aliphatic heterocycles. The lowest BCUT2D eigenvalue weighted by molar-refractivity contribution is 0.103. The van der Waals surface area contributed by atoms with E-state index in [-0.39, 0.29) is 5.91 Å². The minimum atomic E-state index is -0.127. The fourth-order valence-electron chi connectivity index (χ4n) is 1.15. The van der Waals surface area contributed by atoms with Crippen molar-refractivity contribution in [1.82, 2.24) is 0 Å². The summed E-state index contributed by atoms with van der Waals surface area (Å²) in [6.45, 7) is 0. The number of hydrogen-bond donors (Lipinski definition) is 1. The van der Waals surface area contributed by atoms with Crippen molar-refractivity contribution in [3.8, 4) is 0 Å². The van der Waals surface area contributed by atoms with Crippen molar-refractivity contribution in [2.45, 2.75) is 0 Å². The molecule has 0 saturated heterocycles. The van der Waals surface area contributed by atoms with Crippen LogP contribution in [-0.4, -0.2) is 5.91 Å². The zero-order valence-corrected chi connectivity index (χ0v) is 9.31. The van der Waals surface area contributed by atoms with Gasteiger partial charge in [-0.05, 0) is 18.2 Å². The number of halogens is 1. The van der Waals surface area contributed by atoms with E-state index >= 15 is 0 Å². The molecule has 1 heterocycles. The first-order chi connectivity index (χ1) is 7.25. The van der Waals surface area contributed by atoms with Crippen LogP contribution in [0.15, 0.2) is 41.8 Å². The van der Waals surface area contributed by atoms with Crippen LogP contribution in [0, 0.1) is 0 Å². The van der Waals surface area contributed by atoms with Gasteiger partial charge >= 0.3 is 0 Å². The molecule has 0 unspecified atom stereocenters. The third-order valence-electron chi connectivity index (χ3n) is 1.82. The van der Waals surface area contributed by atoms with Gasteiger partial charge in [0.25, 0.3) is 5.91 Å². The summed E-state index contributed by atoms with van der Waals surface area (Å²) in [5.41, 5.74) is 0.784. The number of nitrogens with one attached hydrogen (secondary N) is 1. The average molecular weight is 238 g/mol. The molecular formula is C11H8ClNOS. The Labute approximate surface area is 96.5 Å². The zero-order chi connectivity index (χ0) is 10.7. The van der Waals surface area contributed by atoms with E-state index in [1.165, 1.54) is 11.3 Å². The van der Waals surface area contributed by atoms with Crippen molar-refractivity contribution in [3.63, 3.8) is 0 Å². The molecule has 1 aromatic carbocycles. The van der Waals surface area contributed by atoms with Gasteiger partial charge in [-0.2, -0.15) is 0 Å². The fourth-order valence-corrected chi connectivity index (χ4v) is 2.11. The predicted molar refractivity (Wildman–Crippen MR) is 63.7 cm³/mol. The van der Waals surface area contributed by atoms with Gasteiger partial charge in [-0.1, -0.05) is 29.8 Å². The monoisotopic (exact) mass is 237 g/mol. The Bertz CT molecular complexity index is 466. The highest BCUT2D eigenvalue weighted by Gasteiger charge is 2.08. The molecule has 15 heavy (non-hydrogen) atoms. The Morgan fingerprint density at radius 3 is 2.60 bits per heavy atom. The molecule has 1 amide bonds. The highest BCUT2D eigenvalue weighted by Crippen LogP contribution is 2.20. The summed E-state index contributed by atoms with van der Waals surface area (Å²) in [7, 11) is 0. The minimum absolute atomic E-state index is 0.127. The van der Waals surface area contributed by atoms with Crippen molar-refractivity contribution in [2.24, 2.45) is 0 Å². The number of thiophene rings is 1. The summed E-state index contributed by atoms with van der Waals surface area (Å²) in [6.07, 6.45) is 0. The average Bonchev–Trinajstić information content (AvgIpc) is 2.66. The molecule has 0 fully saturated rings. The van der Waals surface area contributed by atoms with Crippen LogP contribution in [-0.2, 0) is 0 Å². The molecule has 2 nitrogen and oxygen atoms in total. The molecule has 1 aromatic heterocycles. The SMILES string of the molecule is O=C(Nc1ccccc1)c1cc(Cl)cs1. The molecule has 0 atom stereocenters. The van der Waals surface area contributed by atoms with E-state index < -0.39 is 0 Å². The van der Waals surface area contributed by atoms with Gasteiger partial charge in [-0.25, -0.2) is 0 Å². The second kappa shape index (κ2) is 4.47. The van der Waals surface area contributed by atoms with Gasteiger partial charge in [0.05, 0.1) is 9.90 Å². The van der Waals surface area contributed by atoms with E-state index in [2.05, 4.69) is 5.32 Å². The Kier molecular flexibility index (Phi) is 3.04. The highest BCUT2D eigenvalue weighted by molar-refractivity contribution is 7.12. The fraction of sp³-hybridized carbons (Fsp3) is 0. The number of para-hydroxylation sites is 1. The normalized spacial score (nSPS) is 9.93. The van der Waals surface area contributed by atoms with Gasteiger partial charge in [0.15, 0.2) is 0 Å². The number of carbonyl (C=O) groups is 1. The van der Waals surface area contributed by atoms with E-state index in [1.54, 1.807) is 11.4 Å². The van der Waals surface area contributed by atoms with E-state index in [0.29, 0.717) is 9.90 Å². The Morgan fingerprint density at radius 2 is 2.00 bits per heavy atom. The van der Waals surface area contributed by atoms with Crippen LogP contribution >= 0.6 is 22.9 Å². The van der Waals surface area contributed by atoms with Gasteiger partial charge in [0.1, 0.15) is 0 Å². The second-order valence-corrected chi connectivity index (χ2v) is 4.30. The zero-order valence-electron chi connectivity index (χ0n) is 7.74. The first kappa shape index (κ1) is 10.2. The summed E-state index contributed by atoms with van der Waals surface area (Å²) >= 11 is 7.07. The van der Waals surface area contributed by atoms with Crippen LogP contribution < -0.4 is 5.32 Å². The number of hydrogen-bond acceptors (Lipinski definition) is 2. The molecular weight excluding hydrogens is 230 g/mol. The molecule has 2 rings (SSSR count). The van der Waals surface area contributed by atoms with Crippen LogP contribution in [0.4, 0.5) is 5.69 Å². The van der Waals surface area contributed by atoms with Crippen LogP contribution in [0.2, 0.25) is 5.02 Å². The minimum Gasteiger partial charge on any atom is -0.321 e. The molecule has 0 aliphatic carbocycles. The Hall–Kier alpha value is -1.32. The third kappa shape index (κ3) is 2.58. The molecule has 0 bridgehead atoms. The van der Waals surface area contributed by atoms with Crippen LogP contribution in [0.3, 0.4) is 0 Å². The van der Waals surface area contributed by atoms with Crippen molar-refractivity contribution in [1.29, 1.82) is 0 Å². The topological polar surface area (TPSA) is 29.1 Å². The van der Waals surface area contributed by atoms with Crippen molar-refractivity contribution in [3.05, 3.63) is 51.7 Å². The van der Waals surface area contributed by atoms with Gasteiger partial charge in [0, 0.05) is 11.1 Å². The maximum atomic E-state index is 11.7. The molecule has 0 radical (unpaired) electrons. The number of rotatable bonds is 2. The van der Waals surface area contributed by atoms with Crippen LogP contribution in [0.25, 0.3) is 0 Å². The van der Waals surface area contributed by atoms with E-state index in [1.807, 2.05) is 30.3 Å². The maximum absolute atomic E-state index is 11.7. The van der Waals surface area contributed by atoms with E-state index in [0.717, 1.165) is 5.69 Å². The van der Waals surface area contributed by atoms with Gasteiger partial charge in [-0.3, -0.25) is 4.79 Å². The summed E-state index contributed by atoms with van der Waals surface area (Å²) in [6, 6.07) is 11.0. The molecule has 0 aliphatic rings. The van der Waals surface area contributed by atoms with Crippen molar-refractivity contribution in [2.75, 3.05) is 5.32 Å². The summed E-state index contributed by atoms with van der Waals surface area (Å²) in [5, 5.41) is 5.12. The molecule has 0 spiro atoms. The first-order valence-corrected chi connectivity index (χ1v) is 5.62. The summed E-state index contributed by atoms with van der Waals surface area (Å²) in [5.74, 6) is -0.127. The Morgan fingerprint density at radius 1 is 1.27 bits per heavy atom. The molecule has 2 aromatic rings.